The molecule has 0 unspecified atom stereocenters. The molecule has 1 aliphatic rings. The molecule has 9 aromatic rings. The van der Waals surface area contributed by atoms with Gasteiger partial charge in [-0.05, 0) is 76.0 Å². The second kappa shape index (κ2) is 9.32. The van der Waals surface area contributed by atoms with Gasteiger partial charge in [-0.2, -0.15) is 0 Å². The Labute approximate surface area is 270 Å². The zero-order valence-corrected chi connectivity index (χ0v) is 26.4. The standard InChI is InChI=1S/C43H29NOS/c1-43(2)33-25-27(44(26-13-4-3-5-14-26)34-19-12-22-37-39(34)32-18-9-11-21-36(32)46-37)23-24-30(33)40-41(43)29-16-7-6-15-28(29)38-31-17-8-10-20-35(31)45-42(38)40/h3-25H,1-2H3. The van der Waals surface area contributed by atoms with Crippen LogP contribution in [0.2, 0.25) is 0 Å². The maximum atomic E-state index is 6.74. The molecule has 2 nitrogen and oxygen atoms in total. The molecule has 0 aliphatic heterocycles. The summed E-state index contributed by atoms with van der Waals surface area (Å²) in [6.07, 6.45) is 0. The number of furan rings is 1. The summed E-state index contributed by atoms with van der Waals surface area (Å²) >= 11 is 1.86. The lowest BCUT2D eigenvalue weighted by molar-refractivity contribution is 0.658. The van der Waals surface area contributed by atoms with Crippen LogP contribution in [0.15, 0.2) is 144 Å². The van der Waals surface area contributed by atoms with Crippen LogP contribution in [0.1, 0.15) is 25.0 Å². The first kappa shape index (κ1) is 25.9. The van der Waals surface area contributed by atoms with Crippen molar-refractivity contribution >= 4 is 81.3 Å². The van der Waals surface area contributed by atoms with E-state index in [9.17, 15) is 0 Å². The molecule has 0 atom stereocenters. The number of hydrogen-bond donors (Lipinski definition) is 0. The molecule has 7 aromatic carbocycles. The van der Waals surface area contributed by atoms with Crippen LogP contribution in [-0.4, -0.2) is 0 Å². The van der Waals surface area contributed by atoms with E-state index in [1.54, 1.807) is 0 Å². The summed E-state index contributed by atoms with van der Waals surface area (Å²) in [7, 11) is 0. The maximum absolute atomic E-state index is 6.74. The molecule has 0 saturated heterocycles. The van der Waals surface area contributed by atoms with E-state index in [4.69, 9.17) is 4.42 Å². The lowest BCUT2D eigenvalue weighted by Crippen LogP contribution is -2.17. The SMILES string of the molecule is CC1(C)c2cc(N(c3ccccc3)c3cccc4sc5ccccc5c34)ccc2-c2c1c1ccccc1c1c2oc2ccccc21. The molecule has 0 saturated carbocycles. The van der Waals surface area contributed by atoms with Gasteiger partial charge in [-0.1, -0.05) is 105 Å². The van der Waals surface area contributed by atoms with Crippen molar-refractivity contribution < 1.29 is 4.42 Å². The van der Waals surface area contributed by atoms with Crippen LogP contribution in [0, 0.1) is 0 Å². The Morgan fingerprint density at radius 2 is 1.26 bits per heavy atom. The number of fused-ring (bicyclic) bond motifs is 13. The van der Waals surface area contributed by atoms with Crippen molar-refractivity contribution in [3.8, 4) is 11.1 Å². The van der Waals surface area contributed by atoms with Gasteiger partial charge in [0, 0.05) is 53.3 Å². The van der Waals surface area contributed by atoms with E-state index in [1.165, 1.54) is 69.7 Å². The number of anilines is 3. The van der Waals surface area contributed by atoms with Crippen molar-refractivity contribution in [1.29, 1.82) is 0 Å². The molecule has 46 heavy (non-hydrogen) atoms. The summed E-state index contributed by atoms with van der Waals surface area (Å²) in [6, 6.07) is 50.7. The van der Waals surface area contributed by atoms with E-state index in [0.717, 1.165) is 22.5 Å². The number of para-hydroxylation sites is 2. The molecule has 3 heteroatoms. The molecule has 2 aromatic heterocycles. The first-order valence-corrected chi connectivity index (χ1v) is 16.7. The minimum atomic E-state index is -0.239. The number of nitrogens with zero attached hydrogens (tertiary/aromatic N) is 1. The van der Waals surface area contributed by atoms with Crippen molar-refractivity contribution in [3.05, 3.63) is 151 Å². The van der Waals surface area contributed by atoms with Crippen LogP contribution in [0.25, 0.3) is 64.0 Å². The zero-order valence-electron chi connectivity index (χ0n) is 25.5. The largest absolute Gasteiger partial charge is 0.455 e. The molecule has 0 N–H and O–H groups in total. The lowest BCUT2D eigenvalue weighted by atomic mass is 9.79. The molecule has 218 valence electrons. The van der Waals surface area contributed by atoms with E-state index < -0.39 is 0 Å². The van der Waals surface area contributed by atoms with Gasteiger partial charge in [-0.25, -0.2) is 0 Å². The molecule has 0 radical (unpaired) electrons. The van der Waals surface area contributed by atoms with Crippen molar-refractivity contribution in [2.45, 2.75) is 19.3 Å². The van der Waals surface area contributed by atoms with Crippen LogP contribution in [0.5, 0.6) is 0 Å². The van der Waals surface area contributed by atoms with E-state index in [2.05, 4.69) is 158 Å². The van der Waals surface area contributed by atoms with Gasteiger partial charge in [0.1, 0.15) is 11.2 Å². The highest BCUT2D eigenvalue weighted by Gasteiger charge is 2.40. The second-order valence-electron chi connectivity index (χ2n) is 12.9. The Hall–Kier alpha value is -5.38. The number of rotatable bonds is 3. The summed E-state index contributed by atoms with van der Waals surface area (Å²) in [5, 5.41) is 7.53. The molecular weight excluding hydrogens is 579 g/mol. The summed E-state index contributed by atoms with van der Waals surface area (Å²) in [5.41, 5.74) is 10.3. The summed E-state index contributed by atoms with van der Waals surface area (Å²) in [6.45, 7) is 4.75. The first-order valence-electron chi connectivity index (χ1n) is 15.9. The van der Waals surface area contributed by atoms with Crippen molar-refractivity contribution in [2.75, 3.05) is 4.90 Å². The Balaban J connectivity index is 1.27. The maximum Gasteiger partial charge on any atom is 0.144 e. The minimum absolute atomic E-state index is 0.239. The monoisotopic (exact) mass is 607 g/mol. The Bertz CT molecular complexity index is 2680. The highest BCUT2D eigenvalue weighted by atomic mass is 32.1. The van der Waals surface area contributed by atoms with Gasteiger partial charge in [-0.3, -0.25) is 0 Å². The molecule has 0 spiro atoms. The van der Waals surface area contributed by atoms with Gasteiger partial charge < -0.3 is 9.32 Å². The quantitative estimate of drug-likeness (QED) is 0.199. The average Bonchev–Trinajstić information content (AvgIpc) is 3.74. The van der Waals surface area contributed by atoms with Gasteiger partial charge >= 0.3 is 0 Å². The highest BCUT2D eigenvalue weighted by molar-refractivity contribution is 7.26. The third kappa shape index (κ3) is 3.41. The molecule has 1 aliphatic carbocycles. The number of benzene rings is 7. The lowest BCUT2D eigenvalue weighted by Gasteiger charge is -2.29. The Morgan fingerprint density at radius 3 is 2.11 bits per heavy atom. The summed E-state index contributed by atoms with van der Waals surface area (Å²) in [5.74, 6) is 0. The van der Waals surface area contributed by atoms with E-state index in [1.807, 2.05) is 11.3 Å². The topological polar surface area (TPSA) is 16.4 Å². The van der Waals surface area contributed by atoms with Crippen molar-refractivity contribution in [1.82, 2.24) is 0 Å². The van der Waals surface area contributed by atoms with Gasteiger partial charge in [0.05, 0.1) is 5.69 Å². The predicted octanol–water partition coefficient (Wildman–Crippen LogP) is 12.9. The van der Waals surface area contributed by atoms with Crippen LogP contribution >= 0.6 is 11.3 Å². The smallest absolute Gasteiger partial charge is 0.144 e. The second-order valence-corrected chi connectivity index (χ2v) is 14.0. The normalized spacial score (nSPS) is 13.6. The summed E-state index contributed by atoms with van der Waals surface area (Å²) in [4.78, 5) is 2.44. The van der Waals surface area contributed by atoms with Gasteiger partial charge in [0.15, 0.2) is 0 Å². The fourth-order valence-corrected chi connectivity index (χ4v) is 9.18. The van der Waals surface area contributed by atoms with Gasteiger partial charge in [-0.15, -0.1) is 11.3 Å². The van der Waals surface area contributed by atoms with Crippen LogP contribution in [0.4, 0.5) is 17.1 Å². The summed E-state index contributed by atoms with van der Waals surface area (Å²) < 4.78 is 9.35. The fraction of sp³-hybridized carbons (Fsp3) is 0.0698. The molecule has 0 amide bonds. The van der Waals surface area contributed by atoms with E-state index >= 15 is 0 Å². The van der Waals surface area contributed by atoms with Crippen LogP contribution < -0.4 is 4.90 Å². The third-order valence-corrected chi connectivity index (χ3v) is 11.1. The third-order valence-electron chi connectivity index (χ3n) is 10.0. The van der Waals surface area contributed by atoms with E-state index in [-0.39, 0.29) is 5.41 Å². The number of thiophene rings is 1. The minimum Gasteiger partial charge on any atom is -0.455 e. The zero-order chi connectivity index (χ0) is 30.6. The molecule has 0 bridgehead atoms. The fourth-order valence-electron chi connectivity index (χ4n) is 8.05. The first-order chi connectivity index (χ1) is 22.6. The average molecular weight is 608 g/mol. The molecule has 0 fully saturated rings. The van der Waals surface area contributed by atoms with Gasteiger partial charge in [0.2, 0.25) is 0 Å². The van der Waals surface area contributed by atoms with Crippen molar-refractivity contribution in [3.63, 3.8) is 0 Å². The van der Waals surface area contributed by atoms with Gasteiger partial charge in [0.25, 0.3) is 0 Å². The molecule has 10 rings (SSSR count). The Kier molecular flexibility index (Phi) is 5.25. The van der Waals surface area contributed by atoms with Crippen LogP contribution in [0.3, 0.4) is 0 Å². The van der Waals surface area contributed by atoms with E-state index in [0.29, 0.717) is 0 Å². The molecular formula is C43H29NOS. The van der Waals surface area contributed by atoms with Crippen LogP contribution in [-0.2, 0) is 5.41 Å². The highest BCUT2D eigenvalue weighted by Crippen LogP contribution is 2.57. The number of hydrogen-bond acceptors (Lipinski definition) is 3. The predicted molar refractivity (Wildman–Crippen MR) is 196 cm³/mol. The molecule has 2 heterocycles. The Morgan fingerprint density at radius 1 is 0.565 bits per heavy atom. The van der Waals surface area contributed by atoms with Crippen molar-refractivity contribution in [2.24, 2.45) is 0 Å².